The largest absolute Gasteiger partial charge is 0.507 e. The van der Waals surface area contributed by atoms with Crippen LogP contribution >= 0.6 is 7.60 Å². The lowest BCUT2D eigenvalue weighted by Crippen LogP contribution is -2.22. The van der Waals surface area contributed by atoms with Crippen molar-refractivity contribution in [3.05, 3.63) is 94.5 Å². The number of benzene rings is 3. The van der Waals surface area contributed by atoms with Crippen molar-refractivity contribution in [2.45, 2.75) is 58.3 Å². The Morgan fingerprint density at radius 2 is 1.27 bits per heavy atom. The lowest BCUT2D eigenvalue weighted by atomic mass is 9.76. The number of hydrogen-bond acceptors (Lipinski definition) is 4. The molecule has 1 N–H and O–H groups in total. The molecule has 3 rings (SSSR count). The van der Waals surface area contributed by atoms with Gasteiger partial charge in [0.2, 0.25) is 0 Å². The van der Waals surface area contributed by atoms with E-state index < -0.39 is 13.5 Å². The summed E-state index contributed by atoms with van der Waals surface area (Å²) in [7, 11) is -1.40. The SMILES string of the molecule is COP(=O)(OC)C(=[N+]=[N-])[C@H](c1ccc(-c2ccccc2)cc1)c1cc(C(C)(C)C)c(O)c(C(C)(C)C)c1. The average Bonchev–Trinajstić information content (AvgIpc) is 2.86. The van der Waals surface area contributed by atoms with E-state index >= 15 is 0 Å². The second-order valence-corrected chi connectivity index (χ2v) is 13.4. The van der Waals surface area contributed by atoms with Gasteiger partial charge < -0.3 is 19.7 Å². The Balaban J connectivity index is 2.35. The maximum absolute atomic E-state index is 13.6. The van der Waals surface area contributed by atoms with Crippen molar-refractivity contribution in [2.24, 2.45) is 0 Å². The predicted octanol–water partition coefficient (Wildman–Crippen LogP) is 7.90. The summed E-state index contributed by atoms with van der Waals surface area (Å²) in [5.41, 5.74) is 14.3. The number of phenols is 1. The van der Waals surface area contributed by atoms with Gasteiger partial charge in [0.25, 0.3) is 0 Å². The number of hydrogen-bond donors (Lipinski definition) is 1. The molecule has 6 nitrogen and oxygen atoms in total. The molecule has 0 aromatic heterocycles. The molecular formula is C30H37N2O4P. The number of rotatable bonds is 7. The lowest BCUT2D eigenvalue weighted by molar-refractivity contribution is -0.00684. The highest BCUT2D eigenvalue weighted by molar-refractivity contribution is 7.72. The zero-order valence-corrected chi connectivity index (χ0v) is 23.8. The minimum Gasteiger partial charge on any atom is -0.507 e. The van der Waals surface area contributed by atoms with Gasteiger partial charge in [0.1, 0.15) is 11.7 Å². The van der Waals surface area contributed by atoms with Crippen molar-refractivity contribution < 1.29 is 23.5 Å². The minimum atomic E-state index is -3.93. The standard InChI is InChI=1S/C30H37N2O4P/c1-29(2,3)24-18-23(19-25(27(24)33)30(4,5)6)26(28(32-31)37(34,35-7)36-8)22-16-14-21(15-17-22)20-12-10-9-11-13-20/h9-19,26,33H,1-8H3/t26-/m1/s1. The summed E-state index contributed by atoms with van der Waals surface area (Å²) in [6.45, 7) is 12.2. The van der Waals surface area contributed by atoms with Crippen LogP contribution < -0.4 is 0 Å². The molecule has 196 valence electrons. The summed E-state index contributed by atoms with van der Waals surface area (Å²) in [4.78, 5) is 3.48. The molecule has 0 bridgehead atoms. The van der Waals surface area contributed by atoms with Crippen molar-refractivity contribution in [1.29, 1.82) is 0 Å². The van der Waals surface area contributed by atoms with Gasteiger partial charge in [0.15, 0.2) is 0 Å². The monoisotopic (exact) mass is 520 g/mol. The van der Waals surface area contributed by atoms with Crippen molar-refractivity contribution in [3.63, 3.8) is 0 Å². The Hall–Kier alpha value is -3.01. The molecule has 0 heterocycles. The molecular weight excluding hydrogens is 483 g/mol. The maximum atomic E-state index is 13.6. The zero-order valence-electron chi connectivity index (χ0n) is 22.9. The second kappa shape index (κ2) is 10.8. The smallest absolute Gasteiger partial charge is 0.438 e. The molecule has 3 aromatic rings. The molecule has 1 atom stereocenters. The molecule has 0 amide bonds. The van der Waals surface area contributed by atoms with E-state index in [9.17, 15) is 15.2 Å². The maximum Gasteiger partial charge on any atom is 0.438 e. The van der Waals surface area contributed by atoms with Crippen LogP contribution in [0.1, 0.15) is 69.7 Å². The van der Waals surface area contributed by atoms with E-state index in [-0.39, 0.29) is 22.0 Å². The normalized spacial score (nSPS) is 13.2. The van der Waals surface area contributed by atoms with E-state index in [4.69, 9.17) is 9.05 Å². The van der Waals surface area contributed by atoms with Gasteiger partial charge >= 0.3 is 13.0 Å². The fraction of sp³-hybridized carbons (Fsp3) is 0.367. The van der Waals surface area contributed by atoms with Crippen molar-refractivity contribution in [1.82, 2.24) is 0 Å². The lowest BCUT2D eigenvalue weighted by Gasteiger charge is -2.29. The van der Waals surface area contributed by atoms with Gasteiger partial charge in [0.05, 0.1) is 0 Å². The summed E-state index contributed by atoms with van der Waals surface area (Å²) >= 11 is 0. The van der Waals surface area contributed by atoms with Gasteiger partial charge in [-0.05, 0) is 44.2 Å². The summed E-state index contributed by atoms with van der Waals surface area (Å²) in [5, 5.41) is 11.3. The van der Waals surface area contributed by atoms with Crippen LogP contribution in [-0.4, -0.2) is 29.6 Å². The van der Waals surface area contributed by atoms with Crippen LogP contribution in [0.25, 0.3) is 16.7 Å². The van der Waals surface area contributed by atoms with E-state index in [0.29, 0.717) is 5.56 Å². The fourth-order valence-corrected chi connectivity index (χ4v) is 5.74. The van der Waals surface area contributed by atoms with E-state index in [1.54, 1.807) is 0 Å². The van der Waals surface area contributed by atoms with E-state index in [1.807, 2.05) is 108 Å². The van der Waals surface area contributed by atoms with E-state index in [2.05, 4.69) is 4.79 Å². The highest BCUT2D eigenvalue weighted by Crippen LogP contribution is 2.54. The van der Waals surface area contributed by atoms with Crippen LogP contribution in [0.2, 0.25) is 0 Å². The zero-order chi connectivity index (χ0) is 27.6. The Kier molecular flexibility index (Phi) is 8.31. The van der Waals surface area contributed by atoms with E-state index in [1.165, 1.54) is 14.2 Å². The van der Waals surface area contributed by atoms with Crippen molar-refractivity contribution >= 4 is 13.0 Å². The van der Waals surface area contributed by atoms with Gasteiger partial charge in [0, 0.05) is 14.2 Å². The number of aromatic hydroxyl groups is 1. The molecule has 0 saturated carbocycles. The minimum absolute atomic E-state index is 0.129. The van der Waals surface area contributed by atoms with Gasteiger partial charge in [-0.1, -0.05) is 108 Å². The number of phenolic OH excluding ortho intramolecular Hbond substituents is 1. The summed E-state index contributed by atoms with van der Waals surface area (Å²) in [5.74, 6) is -0.533. The molecule has 0 spiro atoms. The first-order chi connectivity index (χ1) is 17.3. The molecule has 0 radical (unpaired) electrons. The van der Waals surface area contributed by atoms with E-state index in [0.717, 1.165) is 27.8 Å². The molecule has 0 aliphatic rings. The van der Waals surface area contributed by atoms with Gasteiger partial charge in [-0.25, -0.2) is 4.57 Å². The van der Waals surface area contributed by atoms with Crippen LogP contribution in [0.15, 0.2) is 66.7 Å². The fourth-order valence-electron chi connectivity index (χ4n) is 4.49. The third kappa shape index (κ3) is 5.95. The Bertz CT molecular complexity index is 1300. The Morgan fingerprint density at radius 1 is 0.811 bits per heavy atom. The second-order valence-electron chi connectivity index (χ2n) is 11.2. The summed E-state index contributed by atoms with van der Waals surface area (Å²) in [6, 6.07) is 21.6. The van der Waals surface area contributed by atoms with Gasteiger partial charge in [-0.2, -0.15) is 4.79 Å². The molecule has 0 aliphatic carbocycles. The first-order valence-electron chi connectivity index (χ1n) is 12.2. The van der Waals surface area contributed by atoms with Crippen LogP contribution in [-0.2, 0) is 24.4 Å². The quantitative estimate of drug-likeness (QED) is 0.148. The molecule has 0 fully saturated rings. The van der Waals surface area contributed by atoms with Crippen LogP contribution in [0, 0.1) is 0 Å². The van der Waals surface area contributed by atoms with Crippen molar-refractivity contribution in [2.75, 3.05) is 14.2 Å². The van der Waals surface area contributed by atoms with Gasteiger partial charge in [-0.3, -0.25) is 0 Å². The number of nitrogens with zero attached hydrogens (tertiary/aromatic N) is 2. The summed E-state index contributed by atoms with van der Waals surface area (Å²) in [6.07, 6.45) is 0. The molecule has 3 aromatic carbocycles. The van der Waals surface area contributed by atoms with Crippen LogP contribution in [0.5, 0.6) is 5.75 Å². The highest BCUT2D eigenvalue weighted by Gasteiger charge is 2.46. The predicted molar refractivity (Wildman–Crippen MR) is 149 cm³/mol. The third-order valence-electron chi connectivity index (χ3n) is 6.55. The third-order valence-corrected chi connectivity index (χ3v) is 8.42. The highest BCUT2D eigenvalue weighted by atomic mass is 31.2. The molecule has 7 heteroatoms. The van der Waals surface area contributed by atoms with Crippen LogP contribution in [0.4, 0.5) is 0 Å². The Labute approximate surface area is 220 Å². The topological polar surface area (TPSA) is 92.2 Å². The molecule has 37 heavy (non-hydrogen) atoms. The first-order valence-corrected chi connectivity index (χ1v) is 13.8. The van der Waals surface area contributed by atoms with Gasteiger partial charge in [-0.15, -0.1) is 0 Å². The van der Waals surface area contributed by atoms with Crippen molar-refractivity contribution in [3.8, 4) is 16.9 Å². The Morgan fingerprint density at radius 3 is 1.68 bits per heavy atom. The summed E-state index contributed by atoms with van der Waals surface area (Å²) < 4.78 is 24.1. The molecule has 0 unspecified atom stereocenters. The molecule has 0 aliphatic heterocycles. The first kappa shape index (κ1) is 28.6. The average molecular weight is 521 g/mol. The molecule has 0 saturated heterocycles. The van der Waals surface area contributed by atoms with Crippen LogP contribution in [0.3, 0.4) is 0 Å².